The Morgan fingerprint density at radius 1 is 1.18 bits per heavy atom. The number of nitriles is 1. The van der Waals surface area contributed by atoms with Gasteiger partial charge in [-0.25, -0.2) is 0 Å². The van der Waals surface area contributed by atoms with Crippen molar-refractivity contribution in [1.29, 1.82) is 5.26 Å². The second kappa shape index (κ2) is 9.91. The third-order valence-corrected chi connectivity index (χ3v) is 11.1. The van der Waals surface area contributed by atoms with Gasteiger partial charge in [-0.1, -0.05) is 20.8 Å². The number of aliphatic hydroxyl groups is 2. The first-order chi connectivity index (χ1) is 16.2. The monoisotopic (exact) mass is 471 g/mol. The van der Waals surface area contributed by atoms with E-state index in [2.05, 4.69) is 31.9 Å². The number of fused-ring (bicyclic) bond motifs is 3. The first kappa shape index (κ1) is 25.7. The average molecular weight is 472 g/mol. The van der Waals surface area contributed by atoms with Gasteiger partial charge in [-0.05, 0) is 97.7 Å². The van der Waals surface area contributed by atoms with Gasteiger partial charge in [0.25, 0.3) is 0 Å². The summed E-state index contributed by atoms with van der Waals surface area (Å²) in [6.45, 7) is 9.21. The van der Waals surface area contributed by atoms with Crippen LogP contribution in [0.3, 0.4) is 0 Å². The fourth-order valence-electron chi connectivity index (χ4n) is 9.02. The van der Waals surface area contributed by atoms with Crippen LogP contribution in [0, 0.1) is 51.2 Å². The van der Waals surface area contributed by atoms with E-state index in [1.165, 1.54) is 25.7 Å². The Labute approximate surface area is 205 Å². The van der Waals surface area contributed by atoms with Gasteiger partial charge < -0.3 is 14.9 Å². The van der Waals surface area contributed by atoms with Gasteiger partial charge in [0.15, 0.2) is 0 Å². The molecule has 8 atom stereocenters. The molecule has 6 nitrogen and oxygen atoms in total. The van der Waals surface area contributed by atoms with E-state index in [0.717, 1.165) is 45.3 Å². The molecule has 34 heavy (non-hydrogen) atoms. The van der Waals surface area contributed by atoms with Gasteiger partial charge in [-0.2, -0.15) is 10.4 Å². The largest absolute Gasteiger partial charge is 0.396 e. The van der Waals surface area contributed by atoms with Crippen molar-refractivity contribution in [3.8, 4) is 6.07 Å². The lowest BCUT2D eigenvalue weighted by Gasteiger charge is -2.65. The molecule has 4 rings (SSSR count). The van der Waals surface area contributed by atoms with Crippen molar-refractivity contribution >= 4 is 0 Å². The quantitative estimate of drug-likeness (QED) is 0.540. The Hall–Kier alpha value is -1.42. The Balaban J connectivity index is 1.57. The summed E-state index contributed by atoms with van der Waals surface area (Å²) in [5.74, 6) is 1.89. The van der Waals surface area contributed by atoms with E-state index in [1.807, 2.05) is 10.9 Å². The summed E-state index contributed by atoms with van der Waals surface area (Å²) in [5, 5.41) is 34.9. The summed E-state index contributed by atoms with van der Waals surface area (Å²) in [6, 6.07) is 2.17. The number of aromatic nitrogens is 2. The lowest BCUT2D eigenvalue weighted by atomic mass is 9.40. The predicted molar refractivity (Wildman–Crippen MR) is 132 cm³/mol. The van der Waals surface area contributed by atoms with E-state index in [-0.39, 0.29) is 34.9 Å². The molecule has 1 aromatic rings. The maximum Gasteiger partial charge on any atom is 0.102 e. The SMILES string of the molecule is COCC[C@H]1CC[C@@H]2[C@H]([C@H](O)C[C@]3(C)[C@@H](CCn4cc(C#N)cn4)CC[C@@]23C)[C@@]1(C)CCCO. The van der Waals surface area contributed by atoms with Crippen molar-refractivity contribution in [3.63, 3.8) is 0 Å². The molecule has 190 valence electrons. The smallest absolute Gasteiger partial charge is 0.102 e. The molecule has 6 heteroatoms. The second-order valence-electron chi connectivity index (χ2n) is 12.3. The zero-order chi connectivity index (χ0) is 24.6. The van der Waals surface area contributed by atoms with Gasteiger partial charge in [0, 0.05) is 33.1 Å². The zero-order valence-electron chi connectivity index (χ0n) is 21.7. The van der Waals surface area contributed by atoms with Crippen LogP contribution in [-0.4, -0.2) is 46.4 Å². The van der Waals surface area contributed by atoms with Gasteiger partial charge in [0.2, 0.25) is 0 Å². The van der Waals surface area contributed by atoms with Crippen LogP contribution >= 0.6 is 0 Å². The summed E-state index contributed by atoms with van der Waals surface area (Å²) in [5.41, 5.74) is 0.979. The second-order valence-corrected chi connectivity index (χ2v) is 12.3. The highest BCUT2D eigenvalue weighted by molar-refractivity contribution is 5.21. The minimum absolute atomic E-state index is 0.0365. The number of rotatable bonds is 9. The lowest BCUT2D eigenvalue weighted by Crippen LogP contribution is -2.61. The van der Waals surface area contributed by atoms with Crippen molar-refractivity contribution in [1.82, 2.24) is 9.78 Å². The molecule has 3 saturated carbocycles. The van der Waals surface area contributed by atoms with E-state index in [0.29, 0.717) is 23.3 Å². The molecular weight excluding hydrogens is 426 g/mol. The van der Waals surface area contributed by atoms with Crippen LogP contribution in [-0.2, 0) is 11.3 Å². The van der Waals surface area contributed by atoms with Crippen LogP contribution in [0.5, 0.6) is 0 Å². The molecule has 0 amide bonds. The van der Waals surface area contributed by atoms with E-state index in [4.69, 9.17) is 10.00 Å². The van der Waals surface area contributed by atoms with Crippen molar-refractivity contribution in [2.45, 2.75) is 91.2 Å². The number of nitrogens with zero attached hydrogens (tertiary/aromatic N) is 3. The predicted octanol–water partition coefficient (Wildman–Crippen LogP) is 4.79. The lowest BCUT2D eigenvalue weighted by molar-refractivity contribution is -0.199. The van der Waals surface area contributed by atoms with Gasteiger partial charge in [-0.3, -0.25) is 4.68 Å². The molecule has 0 aliphatic heterocycles. The highest BCUT2D eigenvalue weighted by Gasteiger charge is 2.67. The fourth-order valence-corrected chi connectivity index (χ4v) is 9.02. The summed E-state index contributed by atoms with van der Waals surface area (Å²) in [7, 11) is 1.78. The van der Waals surface area contributed by atoms with Crippen molar-refractivity contribution in [2.24, 2.45) is 39.9 Å². The molecular formula is C28H45N3O3. The molecule has 3 fully saturated rings. The first-order valence-electron chi connectivity index (χ1n) is 13.4. The number of methoxy groups -OCH3 is 1. The van der Waals surface area contributed by atoms with Crippen LogP contribution in [0.4, 0.5) is 0 Å². The first-order valence-corrected chi connectivity index (χ1v) is 13.4. The Kier molecular flexibility index (Phi) is 7.48. The van der Waals surface area contributed by atoms with Gasteiger partial charge in [0.05, 0.1) is 17.9 Å². The van der Waals surface area contributed by atoms with Crippen LogP contribution in [0.2, 0.25) is 0 Å². The number of aliphatic hydroxyl groups excluding tert-OH is 2. The highest BCUT2D eigenvalue weighted by Crippen LogP contribution is 2.72. The standard InChI is InChI=1S/C28H45N3O3/c1-26(11-5-14-32)21(10-15-34-4)6-7-23-25(26)24(33)16-28(3)22(8-12-27(23,28)2)9-13-31-19-20(17-29)18-30-31/h18-19,21-25,32-33H,5-16H2,1-4H3/t21-,22-,23-,24-,25-,26+,27+,28-/m1/s1. The molecule has 0 saturated heterocycles. The van der Waals surface area contributed by atoms with Gasteiger partial charge in [-0.15, -0.1) is 0 Å². The Morgan fingerprint density at radius 2 is 1.97 bits per heavy atom. The van der Waals surface area contributed by atoms with Crippen LogP contribution < -0.4 is 0 Å². The molecule has 0 aromatic carbocycles. The maximum atomic E-state index is 11.8. The molecule has 3 aliphatic rings. The third kappa shape index (κ3) is 4.12. The summed E-state index contributed by atoms with van der Waals surface area (Å²) in [6.07, 6.45) is 12.7. The molecule has 1 heterocycles. The molecule has 0 bridgehead atoms. The minimum atomic E-state index is -0.299. The van der Waals surface area contributed by atoms with Crippen LogP contribution in [0.1, 0.15) is 84.1 Å². The van der Waals surface area contributed by atoms with Crippen molar-refractivity contribution < 1.29 is 14.9 Å². The van der Waals surface area contributed by atoms with Gasteiger partial charge in [0.1, 0.15) is 6.07 Å². The summed E-state index contributed by atoms with van der Waals surface area (Å²) >= 11 is 0. The highest BCUT2D eigenvalue weighted by atomic mass is 16.5. The normalized spacial score (nSPS) is 41.6. The van der Waals surface area contributed by atoms with Crippen molar-refractivity contribution in [2.75, 3.05) is 20.3 Å². The molecule has 0 unspecified atom stereocenters. The molecule has 2 N–H and O–H groups in total. The third-order valence-electron chi connectivity index (χ3n) is 11.1. The van der Waals surface area contributed by atoms with E-state index in [1.54, 1.807) is 13.3 Å². The number of hydrogen-bond donors (Lipinski definition) is 2. The van der Waals surface area contributed by atoms with Crippen LogP contribution in [0.15, 0.2) is 12.4 Å². The maximum absolute atomic E-state index is 11.8. The summed E-state index contributed by atoms with van der Waals surface area (Å²) in [4.78, 5) is 0. The molecule has 1 aromatic heterocycles. The summed E-state index contributed by atoms with van der Waals surface area (Å²) < 4.78 is 7.37. The number of aryl methyl sites for hydroxylation is 1. The number of hydrogen-bond acceptors (Lipinski definition) is 5. The topological polar surface area (TPSA) is 91.3 Å². The number of ether oxygens (including phenoxy) is 1. The van der Waals surface area contributed by atoms with E-state index < -0.39 is 0 Å². The molecule has 0 radical (unpaired) electrons. The average Bonchev–Trinajstić information content (AvgIpc) is 3.38. The minimum Gasteiger partial charge on any atom is -0.396 e. The Morgan fingerprint density at radius 3 is 2.65 bits per heavy atom. The molecule has 0 spiro atoms. The van der Waals surface area contributed by atoms with Gasteiger partial charge >= 0.3 is 0 Å². The van der Waals surface area contributed by atoms with Crippen LogP contribution in [0.25, 0.3) is 0 Å². The Bertz CT molecular complexity index is 880. The van der Waals surface area contributed by atoms with E-state index in [9.17, 15) is 10.2 Å². The van der Waals surface area contributed by atoms with Crippen molar-refractivity contribution in [3.05, 3.63) is 18.0 Å². The fraction of sp³-hybridized carbons (Fsp3) is 0.857. The zero-order valence-corrected chi connectivity index (χ0v) is 21.7. The molecule has 3 aliphatic carbocycles. The van der Waals surface area contributed by atoms with E-state index >= 15 is 0 Å².